The Labute approximate surface area is 181 Å². The van der Waals surface area contributed by atoms with Crippen LogP contribution < -0.4 is 10.6 Å². The van der Waals surface area contributed by atoms with Gasteiger partial charge in [0.2, 0.25) is 0 Å². The molecule has 7 rings (SSSR count). The third-order valence-electron chi connectivity index (χ3n) is 7.68. The molecule has 31 heavy (non-hydrogen) atoms. The van der Waals surface area contributed by atoms with Gasteiger partial charge in [-0.25, -0.2) is 4.98 Å². The Bertz CT molecular complexity index is 1110. The molecule has 4 N–H and O–H groups in total. The molecule has 5 atom stereocenters. The minimum Gasteiger partial charge on any atom is -0.390 e. The standard InChI is InChI=1S/C25H28N4O2/c30-24(28-13-15-4-2-1-3-5-15)20-14-27-23-19(6-7-26-23)22(20)29-21-17-8-16-9-18(21)12-25(31,10-16)11-17/h1-7,14,16-18,21,31H,8-13H2,(H,28,30)(H2,26,27,29)/t16?,17-,18+,21?,25?. The summed E-state index contributed by atoms with van der Waals surface area (Å²) < 4.78 is 0. The van der Waals surface area contributed by atoms with Gasteiger partial charge in [0, 0.05) is 30.4 Å². The molecule has 0 aliphatic heterocycles. The van der Waals surface area contributed by atoms with Crippen molar-refractivity contribution in [2.45, 2.75) is 50.3 Å². The highest BCUT2D eigenvalue weighted by Crippen LogP contribution is 2.56. The second-order valence-electron chi connectivity index (χ2n) is 9.82. The van der Waals surface area contributed by atoms with Crippen LogP contribution >= 0.6 is 0 Å². The van der Waals surface area contributed by atoms with Crippen molar-refractivity contribution in [2.75, 3.05) is 5.32 Å². The van der Waals surface area contributed by atoms with E-state index in [1.807, 2.05) is 42.6 Å². The highest BCUT2D eigenvalue weighted by molar-refractivity contribution is 6.06. The predicted molar refractivity (Wildman–Crippen MR) is 120 cm³/mol. The molecule has 0 radical (unpaired) electrons. The first kappa shape index (κ1) is 18.9. The second-order valence-corrected chi connectivity index (χ2v) is 9.82. The van der Waals surface area contributed by atoms with Gasteiger partial charge in [-0.1, -0.05) is 30.3 Å². The molecule has 0 spiro atoms. The van der Waals surface area contributed by atoms with Crippen molar-refractivity contribution in [1.29, 1.82) is 0 Å². The molecule has 2 heterocycles. The quantitative estimate of drug-likeness (QED) is 0.509. The summed E-state index contributed by atoms with van der Waals surface area (Å²) >= 11 is 0. The number of hydrogen-bond acceptors (Lipinski definition) is 4. The number of fused-ring (bicyclic) bond motifs is 1. The number of anilines is 1. The van der Waals surface area contributed by atoms with Crippen molar-refractivity contribution >= 4 is 22.6 Å². The van der Waals surface area contributed by atoms with Crippen LogP contribution in [-0.2, 0) is 6.54 Å². The second kappa shape index (κ2) is 7.09. The number of carbonyl (C=O) groups is 1. The molecule has 4 bridgehead atoms. The van der Waals surface area contributed by atoms with Crippen LogP contribution in [-0.4, -0.2) is 32.6 Å². The highest BCUT2D eigenvalue weighted by atomic mass is 16.3. The van der Waals surface area contributed by atoms with Crippen molar-refractivity contribution in [3.63, 3.8) is 0 Å². The van der Waals surface area contributed by atoms with Crippen LogP contribution in [0.4, 0.5) is 5.69 Å². The first-order valence-corrected chi connectivity index (χ1v) is 11.4. The molecule has 0 saturated heterocycles. The first-order valence-electron chi connectivity index (χ1n) is 11.4. The van der Waals surface area contributed by atoms with Crippen LogP contribution in [0.5, 0.6) is 0 Å². The predicted octanol–water partition coefficient (Wildman–Crippen LogP) is 3.84. The van der Waals surface area contributed by atoms with Gasteiger partial charge in [-0.05, 0) is 61.5 Å². The molecule has 4 saturated carbocycles. The van der Waals surface area contributed by atoms with Gasteiger partial charge in [0.25, 0.3) is 5.91 Å². The Morgan fingerprint density at radius 3 is 2.65 bits per heavy atom. The lowest BCUT2D eigenvalue weighted by Gasteiger charge is -2.58. The van der Waals surface area contributed by atoms with Crippen molar-refractivity contribution < 1.29 is 9.90 Å². The monoisotopic (exact) mass is 416 g/mol. The summed E-state index contributed by atoms with van der Waals surface area (Å²) in [4.78, 5) is 20.8. The van der Waals surface area contributed by atoms with E-state index in [-0.39, 0.29) is 11.9 Å². The molecule has 4 aliphatic rings. The van der Waals surface area contributed by atoms with Crippen LogP contribution in [0.25, 0.3) is 11.0 Å². The average Bonchev–Trinajstić information content (AvgIpc) is 3.23. The molecule has 4 aliphatic carbocycles. The van der Waals surface area contributed by atoms with E-state index in [4.69, 9.17) is 0 Å². The molecular formula is C25H28N4O2. The van der Waals surface area contributed by atoms with Gasteiger partial charge in [0.15, 0.2) is 0 Å². The number of nitrogens with zero attached hydrogens (tertiary/aromatic N) is 1. The largest absolute Gasteiger partial charge is 0.390 e. The van der Waals surface area contributed by atoms with E-state index in [9.17, 15) is 9.90 Å². The lowest BCUT2D eigenvalue weighted by atomic mass is 9.52. The van der Waals surface area contributed by atoms with E-state index >= 15 is 0 Å². The number of rotatable bonds is 5. The fourth-order valence-electron chi connectivity index (χ4n) is 6.59. The number of amides is 1. The van der Waals surface area contributed by atoms with Gasteiger partial charge >= 0.3 is 0 Å². The SMILES string of the molecule is O=C(NCc1ccccc1)c1cnc2[nH]ccc2c1NC1[C@@H]2CC3C[C@H]1CC(O)(C3)C2. The zero-order valence-electron chi connectivity index (χ0n) is 17.5. The number of aromatic nitrogens is 2. The van der Waals surface area contributed by atoms with Gasteiger partial charge in [-0.15, -0.1) is 0 Å². The third-order valence-corrected chi connectivity index (χ3v) is 7.68. The number of H-pyrrole nitrogens is 1. The molecule has 6 nitrogen and oxygen atoms in total. The van der Waals surface area contributed by atoms with Crippen molar-refractivity contribution in [2.24, 2.45) is 17.8 Å². The number of aromatic amines is 1. The number of carbonyl (C=O) groups excluding carboxylic acids is 1. The highest BCUT2D eigenvalue weighted by Gasteiger charge is 2.54. The Morgan fingerprint density at radius 2 is 1.90 bits per heavy atom. The molecule has 2 aromatic heterocycles. The summed E-state index contributed by atoms with van der Waals surface area (Å²) in [6.07, 6.45) is 8.60. The molecule has 4 fully saturated rings. The number of benzene rings is 1. The van der Waals surface area contributed by atoms with Crippen molar-refractivity contribution in [3.8, 4) is 0 Å². The summed E-state index contributed by atoms with van der Waals surface area (Å²) in [5, 5.41) is 18.7. The van der Waals surface area contributed by atoms with Crippen LogP contribution in [0.3, 0.4) is 0 Å². The molecule has 160 valence electrons. The number of hydrogen-bond donors (Lipinski definition) is 4. The summed E-state index contributed by atoms with van der Waals surface area (Å²) in [6, 6.07) is 12.2. The molecule has 1 amide bonds. The van der Waals surface area contributed by atoms with E-state index in [1.165, 1.54) is 12.8 Å². The maximum Gasteiger partial charge on any atom is 0.255 e. The molecule has 3 unspecified atom stereocenters. The summed E-state index contributed by atoms with van der Waals surface area (Å²) in [5.74, 6) is 1.44. The molecule has 1 aromatic carbocycles. The summed E-state index contributed by atoms with van der Waals surface area (Å²) in [6.45, 7) is 0.480. The lowest BCUT2D eigenvalue weighted by molar-refractivity contribution is -0.129. The van der Waals surface area contributed by atoms with Gasteiger partial charge in [-0.3, -0.25) is 4.79 Å². The molecular weight excluding hydrogens is 388 g/mol. The van der Waals surface area contributed by atoms with Crippen molar-refractivity contribution in [3.05, 3.63) is 59.9 Å². The third kappa shape index (κ3) is 3.30. The van der Waals surface area contributed by atoms with Gasteiger partial charge in [0.1, 0.15) is 5.65 Å². The Hall–Kier alpha value is -2.86. The topological polar surface area (TPSA) is 90.0 Å². The number of nitrogens with one attached hydrogen (secondary N) is 3. The number of aliphatic hydroxyl groups is 1. The van der Waals surface area contributed by atoms with E-state index in [0.29, 0.717) is 29.9 Å². The van der Waals surface area contributed by atoms with Gasteiger partial charge in [-0.2, -0.15) is 0 Å². The normalized spacial score (nSPS) is 31.1. The number of pyridine rings is 1. The smallest absolute Gasteiger partial charge is 0.255 e. The van der Waals surface area contributed by atoms with E-state index in [2.05, 4.69) is 20.6 Å². The average molecular weight is 417 g/mol. The zero-order chi connectivity index (χ0) is 21.0. The van der Waals surface area contributed by atoms with Crippen LogP contribution in [0.1, 0.15) is 48.0 Å². The van der Waals surface area contributed by atoms with Crippen molar-refractivity contribution in [1.82, 2.24) is 15.3 Å². The van der Waals surface area contributed by atoms with Crippen LogP contribution in [0.2, 0.25) is 0 Å². The summed E-state index contributed by atoms with van der Waals surface area (Å²) in [7, 11) is 0. The van der Waals surface area contributed by atoms with E-state index in [1.54, 1.807) is 6.20 Å². The van der Waals surface area contributed by atoms with Gasteiger partial charge < -0.3 is 20.7 Å². The first-order chi connectivity index (χ1) is 15.1. The molecule has 6 heteroatoms. The fraction of sp³-hybridized carbons (Fsp3) is 0.440. The molecule has 3 aromatic rings. The minimum absolute atomic E-state index is 0.121. The Kier molecular flexibility index (Phi) is 4.32. The van der Waals surface area contributed by atoms with Crippen LogP contribution in [0.15, 0.2) is 48.8 Å². The maximum absolute atomic E-state index is 13.2. The maximum atomic E-state index is 13.2. The van der Waals surface area contributed by atoms with E-state index in [0.717, 1.165) is 41.5 Å². The van der Waals surface area contributed by atoms with E-state index < -0.39 is 5.60 Å². The zero-order valence-corrected chi connectivity index (χ0v) is 17.5. The minimum atomic E-state index is -0.466. The fourth-order valence-corrected chi connectivity index (χ4v) is 6.59. The van der Waals surface area contributed by atoms with Crippen LogP contribution in [0, 0.1) is 17.8 Å². The Morgan fingerprint density at radius 1 is 1.13 bits per heavy atom. The lowest BCUT2D eigenvalue weighted by Crippen LogP contribution is -2.59. The van der Waals surface area contributed by atoms with Gasteiger partial charge in [0.05, 0.1) is 16.9 Å². The Balaban J connectivity index is 1.30. The summed E-state index contributed by atoms with van der Waals surface area (Å²) in [5.41, 5.74) is 2.82.